The Morgan fingerprint density at radius 3 is 2.62 bits per heavy atom. The van der Waals surface area contributed by atoms with Crippen LogP contribution in [0.2, 0.25) is 0 Å². The summed E-state index contributed by atoms with van der Waals surface area (Å²) in [7, 11) is -2.32. The zero-order valence-electron chi connectivity index (χ0n) is 18.3. The molecule has 0 bridgehead atoms. The summed E-state index contributed by atoms with van der Waals surface area (Å²) < 4.78 is 14.9. The predicted molar refractivity (Wildman–Crippen MR) is 133 cm³/mol. The van der Waals surface area contributed by atoms with E-state index in [0.717, 1.165) is 26.6 Å². The fraction of sp³-hybridized carbons (Fsp3) is 0.0870. The third-order valence-corrected chi connectivity index (χ3v) is 6.90. The zero-order valence-corrected chi connectivity index (χ0v) is 19.2. The Balaban J connectivity index is 1.45. The number of hydrogen-bond donors (Lipinski definition) is 2. The van der Waals surface area contributed by atoms with E-state index in [2.05, 4.69) is 25.4 Å². The zero-order chi connectivity index (χ0) is 23.9. The SMILES string of the molecule is CP(C)(=O)c1ccc(Nc2ncnc3c2ncn3/C=C/c2cccc3c2cnn3C(=O)O)cc1. The van der Waals surface area contributed by atoms with Gasteiger partial charge in [-0.15, -0.1) is 0 Å². The molecule has 0 amide bonds. The molecule has 170 valence electrons. The van der Waals surface area contributed by atoms with Crippen LogP contribution in [-0.2, 0) is 4.57 Å². The second-order valence-corrected chi connectivity index (χ2v) is 11.2. The summed E-state index contributed by atoms with van der Waals surface area (Å²) in [5.74, 6) is 0.547. The molecule has 5 aromatic rings. The molecular formula is C23H20N7O3P. The van der Waals surface area contributed by atoms with Crippen LogP contribution in [0.4, 0.5) is 16.3 Å². The number of anilines is 2. The number of fused-ring (bicyclic) bond motifs is 2. The van der Waals surface area contributed by atoms with Crippen LogP contribution in [0.15, 0.2) is 61.3 Å². The molecule has 3 aromatic heterocycles. The Bertz CT molecular complexity index is 1610. The molecule has 0 saturated heterocycles. The highest BCUT2D eigenvalue weighted by Crippen LogP contribution is 2.35. The lowest BCUT2D eigenvalue weighted by molar-refractivity contribution is 0.194. The molecule has 0 aliphatic rings. The number of imidazole rings is 1. The number of hydrogen-bond acceptors (Lipinski definition) is 7. The minimum absolute atomic E-state index is 0.507. The Labute approximate surface area is 194 Å². The highest BCUT2D eigenvalue weighted by molar-refractivity contribution is 7.70. The van der Waals surface area contributed by atoms with Crippen LogP contribution < -0.4 is 10.6 Å². The van der Waals surface area contributed by atoms with Crippen LogP contribution in [0.3, 0.4) is 0 Å². The van der Waals surface area contributed by atoms with Crippen molar-refractivity contribution in [1.82, 2.24) is 29.3 Å². The lowest BCUT2D eigenvalue weighted by atomic mass is 10.1. The molecule has 2 aromatic carbocycles. The van der Waals surface area contributed by atoms with Crippen molar-refractivity contribution in [3.63, 3.8) is 0 Å². The maximum absolute atomic E-state index is 12.2. The van der Waals surface area contributed by atoms with Crippen molar-refractivity contribution in [3.8, 4) is 0 Å². The maximum Gasteiger partial charge on any atom is 0.432 e. The number of aromatic nitrogens is 6. The topological polar surface area (TPSA) is 128 Å². The van der Waals surface area contributed by atoms with Gasteiger partial charge in [0.05, 0.1) is 11.7 Å². The van der Waals surface area contributed by atoms with Crippen molar-refractivity contribution in [3.05, 3.63) is 66.9 Å². The van der Waals surface area contributed by atoms with Gasteiger partial charge in [-0.05, 0) is 55.3 Å². The highest BCUT2D eigenvalue weighted by atomic mass is 31.2. The third-order valence-electron chi connectivity index (χ3n) is 5.35. The molecular weight excluding hydrogens is 453 g/mol. The summed E-state index contributed by atoms with van der Waals surface area (Å²) >= 11 is 0. The first-order chi connectivity index (χ1) is 16.3. The minimum atomic E-state index is -2.32. The molecule has 3 heterocycles. The summed E-state index contributed by atoms with van der Waals surface area (Å²) in [6, 6.07) is 12.8. The van der Waals surface area contributed by atoms with Gasteiger partial charge in [0.2, 0.25) is 0 Å². The van der Waals surface area contributed by atoms with Gasteiger partial charge in [-0.2, -0.15) is 9.78 Å². The van der Waals surface area contributed by atoms with E-state index in [1.165, 1.54) is 12.5 Å². The summed E-state index contributed by atoms with van der Waals surface area (Å²) in [6.45, 7) is 3.48. The average molecular weight is 473 g/mol. The average Bonchev–Trinajstić information content (AvgIpc) is 3.43. The molecule has 34 heavy (non-hydrogen) atoms. The van der Waals surface area contributed by atoms with Gasteiger partial charge >= 0.3 is 6.09 Å². The van der Waals surface area contributed by atoms with Gasteiger partial charge in [0, 0.05) is 22.6 Å². The Morgan fingerprint density at radius 1 is 1.09 bits per heavy atom. The molecule has 11 heteroatoms. The highest BCUT2D eigenvalue weighted by Gasteiger charge is 2.13. The van der Waals surface area contributed by atoms with E-state index in [-0.39, 0.29) is 0 Å². The van der Waals surface area contributed by atoms with Crippen molar-refractivity contribution in [1.29, 1.82) is 0 Å². The van der Waals surface area contributed by atoms with Crippen molar-refractivity contribution in [2.45, 2.75) is 0 Å². The van der Waals surface area contributed by atoms with E-state index in [1.54, 1.807) is 42.6 Å². The first-order valence-electron chi connectivity index (χ1n) is 10.3. The molecule has 0 aliphatic carbocycles. The molecule has 0 saturated carbocycles. The maximum atomic E-state index is 12.2. The van der Waals surface area contributed by atoms with E-state index in [9.17, 15) is 14.5 Å². The van der Waals surface area contributed by atoms with Crippen molar-refractivity contribution >= 4 is 64.4 Å². The van der Waals surface area contributed by atoms with Gasteiger partial charge in [0.15, 0.2) is 17.0 Å². The van der Waals surface area contributed by atoms with Crippen molar-refractivity contribution in [2.75, 3.05) is 18.6 Å². The van der Waals surface area contributed by atoms with Gasteiger partial charge in [0.1, 0.15) is 19.8 Å². The Kier molecular flexibility index (Phi) is 5.22. The predicted octanol–water partition coefficient (Wildman–Crippen LogP) is 4.32. The molecule has 10 nitrogen and oxygen atoms in total. The molecule has 0 spiro atoms. The molecule has 0 unspecified atom stereocenters. The monoisotopic (exact) mass is 473 g/mol. The number of carboxylic acid groups (broad SMARTS) is 1. The minimum Gasteiger partial charge on any atom is -0.463 e. The fourth-order valence-corrected chi connectivity index (χ4v) is 4.49. The fourth-order valence-electron chi connectivity index (χ4n) is 3.62. The first-order valence-corrected chi connectivity index (χ1v) is 12.9. The lowest BCUT2D eigenvalue weighted by Crippen LogP contribution is -2.08. The standard InChI is InChI=1S/C23H20N7O3P/c1-34(2,33)17-8-6-16(7-9-17)28-21-20-22(25-13-24-21)29(14-26-20)11-10-15-4-3-5-19-18(15)12-27-30(19)23(31)32/h3-14H,1-2H3,(H,31,32)(H,24,25,28)/b11-10+. The lowest BCUT2D eigenvalue weighted by Gasteiger charge is -2.09. The third kappa shape index (κ3) is 3.95. The Hall–Kier alpha value is -4.30. The van der Waals surface area contributed by atoms with Crippen molar-refractivity contribution in [2.24, 2.45) is 0 Å². The molecule has 0 fully saturated rings. The van der Waals surface area contributed by atoms with Crippen LogP contribution in [0.25, 0.3) is 34.3 Å². The van der Waals surface area contributed by atoms with Gasteiger partial charge in [-0.1, -0.05) is 12.1 Å². The van der Waals surface area contributed by atoms with Crippen LogP contribution in [0.1, 0.15) is 5.56 Å². The number of carbonyl (C=O) groups is 1. The van der Waals surface area contributed by atoms with E-state index >= 15 is 0 Å². The second kappa shape index (κ2) is 8.24. The Morgan fingerprint density at radius 2 is 1.88 bits per heavy atom. The van der Waals surface area contributed by atoms with Crippen LogP contribution in [0.5, 0.6) is 0 Å². The van der Waals surface area contributed by atoms with Gasteiger partial charge in [-0.25, -0.2) is 19.7 Å². The number of nitrogens with zero attached hydrogens (tertiary/aromatic N) is 6. The van der Waals surface area contributed by atoms with Gasteiger partial charge in [-0.3, -0.25) is 4.57 Å². The van der Waals surface area contributed by atoms with Gasteiger partial charge < -0.3 is 15.0 Å². The first kappa shape index (κ1) is 21.5. The molecule has 2 N–H and O–H groups in total. The van der Waals surface area contributed by atoms with E-state index < -0.39 is 13.2 Å². The van der Waals surface area contributed by atoms with Crippen LogP contribution >= 0.6 is 7.14 Å². The van der Waals surface area contributed by atoms with E-state index in [4.69, 9.17) is 0 Å². The quantitative estimate of drug-likeness (QED) is 0.361. The number of rotatable bonds is 5. The van der Waals surface area contributed by atoms with Crippen LogP contribution in [0, 0.1) is 0 Å². The molecule has 5 rings (SSSR count). The summed E-state index contributed by atoms with van der Waals surface area (Å²) in [4.78, 5) is 24.5. The number of benzene rings is 2. The molecule has 0 atom stereocenters. The smallest absolute Gasteiger partial charge is 0.432 e. The second-order valence-electron chi connectivity index (χ2n) is 8.00. The van der Waals surface area contributed by atoms with E-state index in [0.29, 0.717) is 22.5 Å². The van der Waals surface area contributed by atoms with E-state index in [1.807, 2.05) is 36.4 Å². The van der Waals surface area contributed by atoms with Gasteiger partial charge in [0.25, 0.3) is 0 Å². The number of nitrogens with one attached hydrogen (secondary N) is 1. The van der Waals surface area contributed by atoms with Crippen molar-refractivity contribution < 1.29 is 14.5 Å². The molecule has 0 radical (unpaired) electrons. The molecule has 0 aliphatic heterocycles. The summed E-state index contributed by atoms with van der Waals surface area (Å²) in [6.07, 6.45) is 7.12. The summed E-state index contributed by atoms with van der Waals surface area (Å²) in [5.41, 5.74) is 3.30. The normalized spacial score (nSPS) is 12.1. The largest absolute Gasteiger partial charge is 0.463 e. The van der Waals surface area contributed by atoms with Crippen LogP contribution in [-0.4, -0.2) is 53.8 Å². The summed E-state index contributed by atoms with van der Waals surface area (Å²) in [5, 5.41) is 18.0.